The van der Waals surface area contributed by atoms with Crippen molar-refractivity contribution in [3.05, 3.63) is 42.5 Å². The molecule has 0 unspecified atom stereocenters. The van der Waals surface area contributed by atoms with E-state index >= 15 is 0 Å². The zero-order valence-electron chi connectivity index (χ0n) is 12.6. The third kappa shape index (κ3) is 2.62. The molecule has 120 valence electrons. The SMILES string of the molecule is O=C(Nc1cccc2ccccc12)C1CN(S(=O)(=O)C2CC2)C1. The third-order valence-electron chi connectivity index (χ3n) is 4.57. The fourth-order valence-electron chi connectivity index (χ4n) is 2.96. The number of rotatable bonds is 4. The number of carbonyl (C=O) groups is 1. The van der Waals surface area contributed by atoms with Gasteiger partial charge in [-0.1, -0.05) is 36.4 Å². The van der Waals surface area contributed by atoms with Gasteiger partial charge < -0.3 is 5.32 Å². The van der Waals surface area contributed by atoms with Crippen LogP contribution in [0.25, 0.3) is 10.8 Å². The molecule has 1 amide bonds. The van der Waals surface area contributed by atoms with Crippen LogP contribution in [-0.2, 0) is 14.8 Å². The fraction of sp³-hybridized carbons (Fsp3) is 0.353. The van der Waals surface area contributed by atoms with E-state index in [4.69, 9.17) is 0 Å². The number of nitrogens with one attached hydrogen (secondary N) is 1. The van der Waals surface area contributed by atoms with Crippen LogP contribution in [0.3, 0.4) is 0 Å². The van der Waals surface area contributed by atoms with E-state index in [9.17, 15) is 13.2 Å². The topological polar surface area (TPSA) is 66.5 Å². The van der Waals surface area contributed by atoms with Gasteiger partial charge in [-0.05, 0) is 24.3 Å². The third-order valence-corrected chi connectivity index (χ3v) is 6.90. The average molecular weight is 330 g/mol. The number of anilines is 1. The maximum atomic E-state index is 12.4. The normalized spacial score (nSPS) is 19.5. The van der Waals surface area contributed by atoms with Gasteiger partial charge in [0.1, 0.15) is 0 Å². The minimum Gasteiger partial charge on any atom is -0.325 e. The van der Waals surface area contributed by atoms with Crippen molar-refractivity contribution in [2.75, 3.05) is 18.4 Å². The molecule has 1 heterocycles. The van der Waals surface area contributed by atoms with Gasteiger partial charge >= 0.3 is 0 Å². The van der Waals surface area contributed by atoms with Crippen molar-refractivity contribution in [1.29, 1.82) is 0 Å². The fourth-order valence-corrected chi connectivity index (χ4v) is 4.89. The molecular formula is C17H18N2O3S. The lowest BCUT2D eigenvalue weighted by Gasteiger charge is -2.37. The summed E-state index contributed by atoms with van der Waals surface area (Å²) in [5.41, 5.74) is 0.775. The summed E-state index contributed by atoms with van der Waals surface area (Å²) >= 11 is 0. The Morgan fingerprint density at radius 3 is 2.48 bits per heavy atom. The molecular weight excluding hydrogens is 312 g/mol. The van der Waals surface area contributed by atoms with Gasteiger partial charge in [-0.2, -0.15) is 4.31 Å². The molecule has 0 atom stereocenters. The summed E-state index contributed by atoms with van der Waals surface area (Å²) in [5, 5.41) is 4.80. The minimum absolute atomic E-state index is 0.108. The number of fused-ring (bicyclic) bond motifs is 1. The molecule has 0 aromatic heterocycles. The van der Waals surface area contributed by atoms with Crippen LogP contribution >= 0.6 is 0 Å². The van der Waals surface area contributed by atoms with Crippen molar-refractivity contribution >= 4 is 32.4 Å². The molecule has 2 aromatic carbocycles. The average Bonchev–Trinajstić information content (AvgIpc) is 3.31. The summed E-state index contributed by atoms with van der Waals surface area (Å²) in [6, 6.07) is 13.6. The summed E-state index contributed by atoms with van der Waals surface area (Å²) < 4.78 is 25.6. The van der Waals surface area contributed by atoms with Gasteiger partial charge in [-0.15, -0.1) is 0 Å². The highest BCUT2D eigenvalue weighted by Gasteiger charge is 2.46. The Hall–Kier alpha value is -1.92. The molecule has 0 bridgehead atoms. The Morgan fingerprint density at radius 1 is 1.04 bits per heavy atom. The van der Waals surface area contributed by atoms with Gasteiger partial charge in [-0.25, -0.2) is 8.42 Å². The Balaban J connectivity index is 1.45. The van der Waals surface area contributed by atoms with Crippen molar-refractivity contribution in [2.24, 2.45) is 5.92 Å². The van der Waals surface area contributed by atoms with E-state index < -0.39 is 10.0 Å². The van der Waals surface area contributed by atoms with E-state index in [-0.39, 0.29) is 17.1 Å². The van der Waals surface area contributed by atoms with E-state index in [0.29, 0.717) is 13.1 Å². The second kappa shape index (κ2) is 5.32. The Kier molecular flexibility index (Phi) is 3.39. The highest BCUT2D eigenvalue weighted by molar-refractivity contribution is 7.90. The maximum absolute atomic E-state index is 12.4. The Labute approximate surface area is 135 Å². The first kappa shape index (κ1) is 14.7. The smallest absolute Gasteiger partial charge is 0.230 e. The highest BCUT2D eigenvalue weighted by atomic mass is 32.2. The molecule has 5 nitrogen and oxygen atoms in total. The van der Waals surface area contributed by atoms with Crippen LogP contribution in [0.4, 0.5) is 5.69 Å². The number of hydrogen-bond donors (Lipinski definition) is 1. The van der Waals surface area contributed by atoms with E-state index in [0.717, 1.165) is 29.3 Å². The van der Waals surface area contributed by atoms with Crippen LogP contribution in [0.2, 0.25) is 0 Å². The van der Waals surface area contributed by atoms with Gasteiger partial charge in [0, 0.05) is 24.2 Å². The van der Waals surface area contributed by atoms with Gasteiger partial charge in [0.05, 0.1) is 11.2 Å². The maximum Gasteiger partial charge on any atom is 0.230 e. The number of nitrogens with zero attached hydrogens (tertiary/aromatic N) is 1. The van der Waals surface area contributed by atoms with Crippen molar-refractivity contribution < 1.29 is 13.2 Å². The Bertz CT molecular complexity index is 863. The van der Waals surface area contributed by atoms with Crippen molar-refractivity contribution in [3.8, 4) is 0 Å². The Morgan fingerprint density at radius 2 is 1.74 bits per heavy atom. The summed E-state index contributed by atoms with van der Waals surface area (Å²) in [6.45, 7) is 0.602. The molecule has 2 aliphatic rings. The van der Waals surface area contributed by atoms with Gasteiger partial charge in [0.2, 0.25) is 15.9 Å². The lowest BCUT2D eigenvalue weighted by atomic mass is 10.0. The standard InChI is InChI=1S/C17H18N2O3S/c20-17(13-10-19(11-13)23(21,22)14-8-9-14)18-16-7-3-5-12-4-1-2-6-15(12)16/h1-7,13-14H,8-11H2,(H,18,20). The molecule has 1 saturated heterocycles. The van der Waals surface area contributed by atoms with E-state index in [1.807, 2.05) is 42.5 Å². The predicted octanol–water partition coefficient (Wildman–Crippen LogP) is 2.20. The largest absolute Gasteiger partial charge is 0.325 e. The van der Waals surface area contributed by atoms with Crippen molar-refractivity contribution in [3.63, 3.8) is 0 Å². The van der Waals surface area contributed by atoms with Crippen LogP contribution in [0.15, 0.2) is 42.5 Å². The van der Waals surface area contributed by atoms with E-state index in [2.05, 4.69) is 5.32 Å². The molecule has 1 aliphatic carbocycles. The van der Waals surface area contributed by atoms with E-state index in [1.165, 1.54) is 4.31 Å². The first-order valence-corrected chi connectivity index (χ1v) is 9.33. The quantitative estimate of drug-likeness (QED) is 0.934. The van der Waals surface area contributed by atoms with Crippen LogP contribution < -0.4 is 5.32 Å². The first-order chi connectivity index (χ1) is 11.1. The molecule has 6 heteroatoms. The van der Waals surface area contributed by atoms with Gasteiger partial charge in [-0.3, -0.25) is 4.79 Å². The van der Waals surface area contributed by atoms with Gasteiger partial charge in [0.25, 0.3) is 0 Å². The van der Waals surface area contributed by atoms with Crippen LogP contribution in [0.1, 0.15) is 12.8 Å². The molecule has 1 aliphatic heterocycles. The summed E-state index contributed by atoms with van der Waals surface area (Å²) in [7, 11) is -3.15. The summed E-state index contributed by atoms with van der Waals surface area (Å²) in [5.74, 6) is -0.369. The van der Waals surface area contributed by atoms with Crippen LogP contribution in [0.5, 0.6) is 0 Å². The molecule has 0 spiro atoms. The highest BCUT2D eigenvalue weighted by Crippen LogP contribution is 2.35. The molecule has 23 heavy (non-hydrogen) atoms. The molecule has 1 N–H and O–H groups in total. The van der Waals surface area contributed by atoms with Crippen LogP contribution in [0, 0.1) is 5.92 Å². The number of hydrogen-bond acceptors (Lipinski definition) is 3. The minimum atomic E-state index is -3.15. The zero-order valence-corrected chi connectivity index (χ0v) is 13.4. The van der Waals surface area contributed by atoms with Crippen molar-refractivity contribution in [2.45, 2.75) is 18.1 Å². The number of sulfonamides is 1. The summed E-state index contributed by atoms with van der Waals surface area (Å²) in [4.78, 5) is 12.4. The molecule has 2 aromatic rings. The van der Waals surface area contributed by atoms with Crippen molar-refractivity contribution in [1.82, 2.24) is 4.31 Å². The number of carbonyl (C=O) groups excluding carboxylic acids is 1. The number of benzene rings is 2. The second-order valence-corrected chi connectivity index (χ2v) is 8.49. The number of amides is 1. The molecule has 2 fully saturated rings. The monoisotopic (exact) mass is 330 g/mol. The molecule has 1 saturated carbocycles. The van der Waals surface area contributed by atoms with Crippen LogP contribution in [-0.4, -0.2) is 37.0 Å². The lowest BCUT2D eigenvalue weighted by Crippen LogP contribution is -2.55. The van der Waals surface area contributed by atoms with E-state index in [1.54, 1.807) is 0 Å². The summed E-state index contributed by atoms with van der Waals surface area (Å²) in [6.07, 6.45) is 1.51. The second-order valence-electron chi connectivity index (χ2n) is 6.27. The van der Waals surface area contributed by atoms with Gasteiger partial charge in [0.15, 0.2) is 0 Å². The molecule has 0 radical (unpaired) electrons. The predicted molar refractivity (Wildman–Crippen MR) is 89.6 cm³/mol. The first-order valence-electron chi connectivity index (χ1n) is 7.83. The zero-order chi connectivity index (χ0) is 16.0. The molecule has 4 rings (SSSR count). The lowest BCUT2D eigenvalue weighted by molar-refractivity contribution is -0.122.